The van der Waals surface area contributed by atoms with Gasteiger partial charge in [0.15, 0.2) is 0 Å². The summed E-state index contributed by atoms with van der Waals surface area (Å²) in [6, 6.07) is 5.36. The summed E-state index contributed by atoms with van der Waals surface area (Å²) in [4.78, 5) is 6.19. The molecule has 0 bridgehead atoms. The SMILES string of the molecule is CCNC(C)c1cccc(F)c1N(C)Cc1cscn1. The van der Waals surface area contributed by atoms with Crippen molar-refractivity contribution >= 4 is 17.0 Å². The minimum Gasteiger partial charge on any atom is -0.366 e. The lowest BCUT2D eigenvalue weighted by atomic mass is 10.0. The lowest BCUT2D eigenvalue weighted by Gasteiger charge is -2.25. The summed E-state index contributed by atoms with van der Waals surface area (Å²) in [5, 5.41) is 5.33. The quantitative estimate of drug-likeness (QED) is 0.882. The summed E-state index contributed by atoms with van der Waals surface area (Å²) in [6.45, 7) is 5.57. The number of thiazole rings is 1. The predicted molar refractivity (Wildman–Crippen MR) is 82.7 cm³/mol. The minimum absolute atomic E-state index is 0.114. The zero-order chi connectivity index (χ0) is 14.5. The largest absolute Gasteiger partial charge is 0.366 e. The maximum absolute atomic E-state index is 14.2. The molecule has 0 aliphatic carbocycles. The first-order valence-electron chi connectivity index (χ1n) is 6.73. The Bertz CT molecular complexity index is 542. The van der Waals surface area contributed by atoms with Crippen molar-refractivity contribution in [2.45, 2.75) is 26.4 Å². The number of halogens is 1. The molecule has 108 valence electrons. The van der Waals surface area contributed by atoms with Crippen LogP contribution in [0.4, 0.5) is 10.1 Å². The average molecular weight is 293 g/mol. The summed E-state index contributed by atoms with van der Waals surface area (Å²) in [5.74, 6) is -0.190. The van der Waals surface area contributed by atoms with Gasteiger partial charge in [-0.15, -0.1) is 11.3 Å². The molecule has 2 rings (SSSR count). The van der Waals surface area contributed by atoms with Gasteiger partial charge in [0.05, 0.1) is 23.4 Å². The molecule has 0 aliphatic heterocycles. The number of para-hydroxylation sites is 1. The van der Waals surface area contributed by atoms with Gasteiger partial charge in [-0.3, -0.25) is 0 Å². The second kappa shape index (κ2) is 6.81. The van der Waals surface area contributed by atoms with Crippen LogP contribution in [0.15, 0.2) is 29.1 Å². The van der Waals surface area contributed by atoms with Crippen molar-refractivity contribution in [1.82, 2.24) is 10.3 Å². The van der Waals surface area contributed by atoms with Crippen LogP contribution in [0.2, 0.25) is 0 Å². The highest BCUT2D eigenvalue weighted by Crippen LogP contribution is 2.29. The zero-order valence-electron chi connectivity index (χ0n) is 12.1. The molecule has 3 nitrogen and oxygen atoms in total. The van der Waals surface area contributed by atoms with Gasteiger partial charge in [0, 0.05) is 18.5 Å². The molecule has 1 heterocycles. The first-order chi connectivity index (χ1) is 9.63. The van der Waals surface area contributed by atoms with E-state index in [1.807, 2.05) is 23.4 Å². The van der Waals surface area contributed by atoms with Gasteiger partial charge in [-0.1, -0.05) is 19.1 Å². The predicted octanol–water partition coefficient (Wildman–Crippen LogP) is 3.59. The van der Waals surface area contributed by atoms with Crippen molar-refractivity contribution in [2.75, 3.05) is 18.5 Å². The van der Waals surface area contributed by atoms with Crippen molar-refractivity contribution in [3.8, 4) is 0 Å². The first-order valence-corrected chi connectivity index (χ1v) is 7.67. The van der Waals surface area contributed by atoms with Gasteiger partial charge in [0.1, 0.15) is 5.82 Å². The summed E-state index contributed by atoms with van der Waals surface area (Å²) in [7, 11) is 1.90. The van der Waals surface area contributed by atoms with Crippen molar-refractivity contribution in [1.29, 1.82) is 0 Å². The molecule has 0 saturated carbocycles. The van der Waals surface area contributed by atoms with Gasteiger partial charge in [0.25, 0.3) is 0 Å². The Hall–Kier alpha value is -1.46. The molecule has 0 aliphatic rings. The Morgan fingerprint density at radius 1 is 1.45 bits per heavy atom. The molecule has 1 N–H and O–H groups in total. The molecule has 1 atom stereocenters. The van der Waals surface area contributed by atoms with Crippen molar-refractivity contribution in [2.24, 2.45) is 0 Å². The number of hydrogen-bond acceptors (Lipinski definition) is 4. The Balaban J connectivity index is 2.29. The van der Waals surface area contributed by atoms with Gasteiger partial charge in [-0.25, -0.2) is 9.37 Å². The number of nitrogens with zero attached hydrogens (tertiary/aromatic N) is 2. The maximum atomic E-state index is 14.2. The fourth-order valence-electron chi connectivity index (χ4n) is 2.34. The van der Waals surface area contributed by atoms with Gasteiger partial charge < -0.3 is 10.2 Å². The third-order valence-electron chi connectivity index (χ3n) is 3.26. The normalized spacial score (nSPS) is 12.4. The van der Waals surface area contributed by atoms with E-state index < -0.39 is 0 Å². The number of benzene rings is 1. The molecule has 0 fully saturated rings. The molecular formula is C15H20FN3S. The molecule has 0 amide bonds. The van der Waals surface area contributed by atoms with Gasteiger partial charge in [-0.2, -0.15) is 0 Å². The third-order valence-corrected chi connectivity index (χ3v) is 3.89. The Kier molecular flexibility index (Phi) is 5.09. The molecule has 0 radical (unpaired) electrons. The fourth-order valence-corrected chi connectivity index (χ4v) is 2.89. The van der Waals surface area contributed by atoms with Crippen LogP contribution in [0, 0.1) is 5.82 Å². The maximum Gasteiger partial charge on any atom is 0.146 e. The van der Waals surface area contributed by atoms with Gasteiger partial charge in [-0.05, 0) is 25.1 Å². The van der Waals surface area contributed by atoms with Crippen LogP contribution in [-0.4, -0.2) is 18.6 Å². The van der Waals surface area contributed by atoms with E-state index in [2.05, 4.69) is 24.1 Å². The molecule has 0 saturated heterocycles. The van der Waals surface area contributed by atoms with E-state index in [0.29, 0.717) is 12.2 Å². The van der Waals surface area contributed by atoms with Crippen LogP contribution < -0.4 is 10.2 Å². The van der Waals surface area contributed by atoms with Crippen LogP contribution in [0.1, 0.15) is 31.1 Å². The van der Waals surface area contributed by atoms with E-state index >= 15 is 0 Å². The zero-order valence-corrected chi connectivity index (χ0v) is 12.9. The molecule has 2 aromatic rings. The second-order valence-electron chi connectivity index (χ2n) is 4.79. The number of aromatic nitrogens is 1. The van der Waals surface area contributed by atoms with E-state index in [1.165, 1.54) is 6.07 Å². The van der Waals surface area contributed by atoms with E-state index in [-0.39, 0.29) is 11.9 Å². The van der Waals surface area contributed by atoms with Crippen molar-refractivity contribution < 1.29 is 4.39 Å². The number of nitrogens with one attached hydrogen (secondary N) is 1. The molecule has 1 unspecified atom stereocenters. The highest BCUT2D eigenvalue weighted by molar-refractivity contribution is 7.07. The Labute approximate surface area is 123 Å². The van der Waals surface area contributed by atoms with Crippen LogP contribution in [0.3, 0.4) is 0 Å². The topological polar surface area (TPSA) is 28.2 Å². The van der Waals surface area contributed by atoms with Crippen LogP contribution in [0.25, 0.3) is 0 Å². The molecule has 0 spiro atoms. The third kappa shape index (κ3) is 3.35. The number of hydrogen-bond donors (Lipinski definition) is 1. The summed E-state index contributed by atoms with van der Waals surface area (Å²) < 4.78 is 14.2. The Morgan fingerprint density at radius 2 is 2.25 bits per heavy atom. The summed E-state index contributed by atoms with van der Waals surface area (Å²) in [6.07, 6.45) is 0. The number of anilines is 1. The Morgan fingerprint density at radius 3 is 2.90 bits per heavy atom. The van der Waals surface area contributed by atoms with Crippen LogP contribution in [-0.2, 0) is 6.54 Å². The summed E-state index contributed by atoms with van der Waals surface area (Å²) in [5.41, 5.74) is 4.38. The molecule has 20 heavy (non-hydrogen) atoms. The standard InChI is InChI=1S/C15H20FN3S/c1-4-17-11(2)13-6-5-7-14(16)15(13)19(3)8-12-9-20-10-18-12/h5-7,9-11,17H,4,8H2,1-3H3. The monoisotopic (exact) mass is 293 g/mol. The van der Waals surface area contributed by atoms with Gasteiger partial charge >= 0.3 is 0 Å². The van der Waals surface area contributed by atoms with E-state index in [1.54, 1.807) is 22.9 Å². The average Bonchev–Trinajstić information content (AvgIpc) is 2.91. The molecule has 5 heteroatoms. The highest BCUT2D eigenvalue weighted by Gasteiger charge is 2.17. The minimum atomic E-state index is -0.190. The van der Waals surface area contributed by atoms with E-state index in [9.17, 15) is 4.39 Å². The molecule has 1 aromatic heterocycles. The summed E-state index contributed by atoms with van der Waals surface area (Å²) >= 11 is 1.56. The number of rotatable bonds is 6. The fraction of sp³-hybridized carbons (Fsp3) is 0.400. The van der Waals surface area contributed by atoms with E-state index in [0.717, 1.165) is 17.8 Å². The van der Waals surface area contributed by atoms with Crippen LogP contribution in [0.5, 0.6) is 0 Å². The van der Waals surface area contributed by atoms with Crippen molar-refractivity contribution in [3.63, 3.8) is 0 Å². The van der Waals surface area contributed by atoms with E-state index in [4.69, 9.17) is 0 Å². The first kappa shape index (κ1) is 14.9. The lowest BCUT2D eigenvalue weighted by molar-refractivity contribution is 0.579. The van der Waals surface area contributed by atoms with Gasteiger partial charge in [0.2, 0.25) is 0 Å². The lowest BCUT2D eigenvalue weighted by Crippen LogP contribution is -2.24. The highest BCUT2D eigenvalue weighted by atomic mass is 32.1. The van der Waals surface area contributed by atoms with Crippen molar-refractivity contribution in [3.05, 3.63) is 46.2 Å². The molecule has 1 aromatic carbocycles. The second-order valence-corrected chi connectivity index (χ2v) is 5.51. The molecular weight excluding hydrogens is 273 g/mol. The smallest absolute Gasteiger partial charge is 0.146 e. The van der Waals surface area contributed by atoms with Crippen LogP contribution >= 0.6 is 11.3 Å².